The summed E-state index contributed by atoms with van der Waals surface area (Å²) in [6.07, 6.45) is 4.69. The SMILES string of the molecule is CCOc1ccc(NC(=S)NC2(c3ccccc3C)CCCC2)cc1. The molecule has 25 heavy (non-hydrogen) atoms. The third kappa shape index (κ3) is 4.13. The van der Waals surface area contributed by atoms with Crippen LogP contribution in [-0.2, 0) is 5.54 Å². The van der Waals surface area contributed by atoms with E-state index in [0.717, 1.165) is 24.3 Å². The Bertz CT molecular complexity index is 721. The van der Waals surface area contributed by atoms with Crippen LogP contribution in [0, 0.1) is 6.92 Å². The number of ether oxygens (including phenoxy) is 1. The predicted molar refractivity (Wildman–Crippen MR) is 108 cm³/mol. The molecule has 0 aromatic heterocycles. The maximum atomic E-state index is 5.62. The second-order valence-electron chi connectivity index (χ2n) is 6.64. The molecule has 0 unspecified atom stereocenters. The van der Waals surface area contributed by atoms with E-state index in [1.807, 2.05) is 31.2 Å². The van der Waals surface area contributed by atoms with Gasteiger partial charge < -0.3 is 15.4 Å². The number of anilines is 1. The monoisotopic (exact) mass is 354 g/mol. The number of thiocarbonyl (C=S) groups is 1. The minimum atomic E-state index is -0.0549. The number of hydrogen-bond acceptors (Lipinski definition) is 2. The minimum Gasteiger partial charge on any atom is -0.494 e. The van der Waals surface area contributed by atoms with Crippen LogP contribution >= 0.6 is 12.2 Å². The highest BCUT2D eigenvalue weighted by Crippen LogP contribution is 2.40. The summed E-state index contributed by atoms with van der Waals surface area (Å²) in [7, 11) is 0. The van der Waals surface area contributed by atoms with Crippen molar-refractivity contribution < 1.29 is 4.74 Å². The number of hydrogen-bond donors (Lipinski definition) is 2. The highest BCUT2D eigenvalue weighted by molar-refractivity contribution is 7.80. The molecule has 1 aliphatic carbocycles. The van der Waals surface area contributed by atoms with E-state index in [2.05, 4.69) is 41.8 Å². The lowest BCUT2D eigenvalue weighted by molar-refractivity contribution is 0.340. The molecule has 3 rings (SSSR count). The molecule has 4 heteroatoms. The summed E-state index contributed by atoms with van der Waals surface area (Å²) in [5, 5.41) is 7.62. The van der Waals surface area contributed by atoms with Crippen LogP contribution in [0.15, 0.2) is 48.5 Å². The molecule has 132 valence electrons. The van der Waals surface area contributed by atoms with Crippen LogP contribution in [0.4, 0.5) is 5.69 Å². The Balaban J connectivity index is 1.72. The fourth-order valence-electron chi connectivity index (χ4n) is 3.73. The molecule has 0 saturated heterocycles. The van der Waals surface area contributed by atoms with Crippen LogP contribution < -0.4 is 15.4 Å². The highest BCUT2D eigenvalue weighted by atomic mass is 32.1. The van der Waals surface area contributed by atoms with Crippen LogP contribution in [0.25, 0.3) is 0 Å². The van der Waals surface area contributed by atoms with Gasteiger partial charge in [0, 0.05) is 5.69 Å². The summed E-state index contributed by atoms with van der Waals surface area (Å²) in [5.41, 5.74) is 3.60. The molecule has 0 heterocycles. The van der Waals surface area contributed by atoms with Gasteiger partial charge in [-0.15, -0.1) is 0 Å². The minimum absolute atomic E-state index is 0.0549. The molecular weight excluding hydrogens is 328 g/mol. The zero-order chi connectivity index (χ0) is 17.7. The van der Waals surface area contributed by atoms with Gasteiger partial charge in [-0.05, 0) is 74.3 Å². The van der Waals surface area contributed by atoms with Crippen LogP contribution in [0.2, 0.25) is 0 Å². The average Bonchev–Trinajstić information content (AvgIpc) is 3.06. The number of benzene rings is 2. The first kappa shape index (κ1) is 17.7. The molecule has 0 bridgehead atoms. The molecule has 2 N–H and O–H groups in total. The highest BCUT2D eigenvalue weighted by Gasteiger charge is 2.37. The summed E-state index contributed by atoms with van der Waals surface area (Å²) in [6, 6.07) is 16.5. The molecule has 0 spiro atoms. The van der Waals surface area contributed by atoms with Gasteiger partial charge in [0.1, 0.15) is 5.75 Å². The predicted octanol–water partition coefficient (Wildman–Crippen LogP) is 5.15. The molecule has 3 nitrogen and oxygen atoms in total. The van der Waals surface area contributed by atoms with Crippen molar-refractivity contribution in [2.75, 3.05) is 11.9 Å². The van der Waals surface area contributed by atoms with Crippen molar-refractivity contribution in [3.05, 3.63) is 59.7 Å². The van der Waals surface area contributed by atoms with Gasteiger partial charge in [0.05, 0.1) is 12.1 Å². The zero-order valence-electron chi connectivity index (χ0n) is 15.0. The first-order valence-corrected chi connectivity index (χ1v) is 9.42. The third-order valence-corrected chi connectivity index (χ3v) is 5.10. The molecule has 0 atom stereocenters. The number of aryl methyl sites for hydroxylation is 1. The quantitative estimate of drug-likeness (QED) is 0.728. The van der Waals surface area contributed by atoms with Crippen molar-refractivity contribution in [1.82, 2.24) is 5.32 Å². The number of nitrogens with one attached hydrogen (secondary N) is 2. The van der Waals surface area contributed by atoms with E-state index in [1.54, 1.807) is 0 Å². The van der Waals surface area contributed by atoms with E-state index in [0.29, 0.717) is 11.7 Å². The average molecular weight is 355 g/mol. The Morgan fingerprint density at radius 3 is 2.40 bits per heavy atom. The topological polar surface area (TPSA) is 33.3 Å². The lowest BCUT2D eigenvalue weighted by atomic mass is 9.85. The van der Waals surface area contributed by atoms with Crippen LogP contribution in [0.5, 0.6) is 5.75 Å². The summed E-state index contributed by atoms with van der Waals surface area (Å²) >= 11 is 5.62. The summed E-state index contributed by atoms with van der Waals surface area (Å²) in [6.45, 7) is 4.84. The van der Waals surface area contributed by atoms with Crippen molar-refractivity contribution in [1.29, 1.82) is 0 Å². The maximum absolute atomic E-state index is 5.62. The second-order valence-corrected chi connectivity index (χ2v) is 7.05. The smallest absolute Gasteiger partial charge is 0.171 e. The van der Waals surface area contributed by atoms with E-state index in [4.69, 9.17) is 17.0 Å². The van der Waals surface area contributed by atoms with Crippen molar-refractivity contribution in [2.24, 2.45) is 0 Å². The second kappa shape index (κ2) is 7.87. The molecule has 0 amide bonds. The lowest BCUT2D eigenvalue weighted by Crippen LogP contribution is -2.46. The fraction of sp³-hybridized carbons (Fsp3) is 0.381. The Labute approximate surface area is 155 Å². The van der Waals surface area contributed by atoms with E-state index in [9.17, 15) is 0 Å². The Morgan fingerprint density at radius 1 is 1.08 bits per heavy atom. The number of rotatable bonds is 5. The molecule has 0 aliphatic heterocycles. The molecular formula is C21H26N2OS. The van der Waals surface area contributed by atoms with Gasteiger partial charge in [-0.2, -0.15) is 0 Å². The summed E-state index contributed by atoms with van der Waals surface area (Å²) < 4.78 is 5.48. The fourth-order valence-corrected chi connectivity index (χ4v) is 4.04. The van der Waals surface area contributed by atoms with Crippen molar-refractivity contribution in [2.45, 2.75) is 45.1 Å². The first-order chi connectivity index (χ1) is 12.1. The van der Waals surface area contributed by atoms with Gasteiger partial charge in [-0.1, -0.05) is 37.1 Å². The molecule has 1 fully saturated rings. The normalized spacial score (nSPS) is 15.6. The van der Waals surface area contributed by atoms with Gasteiger partial charge in [-0.25, -0.2) is 0 Å². The van der Waals surface area contributed by atoms with E-state index < -0.39 is 0 Å². The van der Waals surface area contributed by atoms with Gasteiger partial charge in [-0.3, -0.25) is 0 Å². The Kier molecular flexibility index (Phi) is 5.59. The van der Waals surface area contributed by atoms with E-state index in [-0.39, 0.29) is 5.54 Å². The maximum Gasteiger partial charge on any atom is 0.171 e. The summed E-state index contributed by atoms with van der Waals surface area (Å²) in [4.78, 5) is 0. The van der Waals surface area contributed by atoms with E-state index >= 15 is 0 Å². The van der Waals surface area contributed by atoms with Gasteiger partial charge in [0.15, 0.2) is 5.11 Å². The van der Waals surface area contributed by atoms with Crippen LogP contribution in [-0.4, -0.2) is 11.7 Å². The Morgan fingerprint density at radius 2 is 1.76 bits per heavy atom. The Hall–Kier alpha value is -2.07. The van der Waals surface area contributed by atoms with E-state index in [1.165, 1.54) is 24.0 Å². The lowest BCUT2D eigenvalue weighted by Gasteiger charge is -2.33. The largest absolute Gasteiger partial charge is 0.494 e. The summed E-state index contributed by atoms with van der Waals surface area (Å²) in [5.74, 6) is 0.874. The first-order valence-electron chi connectivity index (χ1n) is 9.01. The molecule has 2 aromatic rings. The zero-order valence-corrected chi connectivity index (χ0v) is 15.8. The standard InChI is InChI=1S/C21H26N2OS/c1-3-24-18-12-10-17(11-13-18)22-20(25)23-21(14-6-7-15-21)19-9-5-4-8-16(19)2/h4-5,8-13H,3,6-7,14-15H2,1-2H3,(H2,22,23,25). The van der Waals surface area contributed by atoms with Crippen molar-refractivity contribution >= 4 is 23.0 Å². The molecule has 0 radical (unpaired) electrons. The third-order valence-electron chi connectivity index (χ3n) is 4.89. The molecule has 1 aliphatic rings. The van der Waals surface area contributed by atoms with Gasteiger partial charge >= 0.3 is 0 Å². The van der Waals surface area contributed by atoms with Gasteiger partial charge in [0.2, 0.25) is 0 Å². The van der Waals surface area contributed by atoms with Crippen molar-refractivity contribution in [3.8, 4) is 5.75 Å². The molecule has 1 saturated carbocycles. The van der Waals surface area contributed by atoms with Gasteiger partial charge in [0.25, 0.3) is 0 Å². The van der Waals surface area contributed by atoms with Crippen molar-refractivity contribution in [3.63, 3.8) is 0 Å². The van der Waals surface area contributed by atoms with Crippen LogP contribution in [0.1, 0.15) is 43.7 Å². The molecule has 2 aromatic carbocycles. The van der Waals surface area contributed by atoms with Crippen LogP contribution in [0.3, 0.4) is 0 Å².